The highest BCUT2D eigenvalue weighted by molar-refractivity contribution is 5.80. The van der Waals surface area contributed by atoms with Crippen molar-refractivity contribution < 1.29 is 38.4 Å². The molecule has 0 saturated heterocycles. The highest BCUT2D eigenvalue weighted by Crippen LogP contribution is 1.89. The third-order valence-electron chi connectivity index (χ3n) is 3.05. The van der Waals surface area contributed by atoms with Gasteiger partial charge in [-0.2, -0.15) is 0 Å². The number of carboxylic acids is 1. The number of carboxylic acid groups (broad SMARTS) is 1. The third-order valence-corrected chi connectivity index (χ3v) is 3.05. The van der Waals surface area contributed by atoms with Crippen LogP contribution in [0.15, 0.2) is 0 Å². The lowest BCUT2D eigenvalue weighted by molar-refractivity contribution is -0.138. The van der Waals surface area contributed by atoms with E-state index in [1.54, 1.807) is 0 Å². The van der Waals surface area contributed by atoms with E-state index in [2.05, 4.69) is 5.32 Å². The van der Waals surface area contributed by atoms with Gasteiger partial charge in [0.2, 0.25) is 5.91 Å². The van der Waals surface area contributed by atoms with Gasteiger partial charge in [0, 0.05) is 26.2 Å². The first kappa shape index (κ1) is 24.7. The summed E-state index contributed by atoms with van der Waals surface area (Å²) in [6.07, 6.45) is 0.529. The summed E-state index contributed by atoms with van der Waals surface area (Å²) < 4.78 is 26.5. The summed E-state index contributed by atoms with van der Waals surface area (Å²) >= 11 is 0. The van der Waals surface area contributed by atoms with E-state index < -0.39 is 5.97 Å². The summed E-state index contributed by atoms with van der Waals surface area (Å²) in [6.45, 7) is 7.87. The quantitative estimate of drug-likeness (QED) is 0.293. The summed E-state index contributed by atoms with van der Waals surface area (Å²) in [5.74, 6) is -1.23. The molecule has 154 valence electrons. The minimum Gasteiger partial charge on any atom is -0.481 e. The van der Waals surface area contributed by atoms with E-state index in [0.29, 0.717) is 79.0 Å². The van der Waals surface area contributed by atoms with Crippen molar-refractivity contribution in [3.63, 3.8) is 0 Å². The summed E-state index contributed by atoms with van der Waals surface area (Å²) in [5.41, 5.74) is 0. The molecule has 0 aliphatic heterocycles. The molecule has 0 fully saturated rings. The molecule has 0 radical (unpaired) electrons. The lowest BCUT2D eigenvalue weighted by Gasteiger charge is -2.08. The molecule has 0 rings (SSSR count). The molecule has 26 heavy (non-hydrogen) atoms. The Labute approximate surface area is 155 Å². The molecule has 0 atom stereocenters. The van der Waals surface area contributed by atoms with E-state index in [1.807, 2.05) is 6.92 Å². The average Bonchev–Trinajstić information content (AvgIpc) is 2.62. The molecule has 0 spiro atoms. The topological polar surface area (TPSA) is 113 Å². The highest BCUT2D eigenvalue weighted by Gasteiger charge is 2.04. The molecule has 0 aromatic heterocycles. The fourth-order valence-electron chi connectivity index (χ4n) is 1.73. The number of aliphatic carboxylic acids is 1. The van der Waals surface area contributed by atoms with Crippen LogP contribution >= 0.6 is 0 Å². The predicted molar refractivity (Wildman–Crippen MR) is 94.3 cm³/mol. The third kappa shape index (κ3) is 20.8. The summed E-state index contributed by atoms with van der Waals surface area (Å²) in [7, 11) is 0. The zero-order valence-corrected chi connectivity index (χ0v) is 15.7. The fraction of sp³-hybridized carbons (Fsp3) is 0.882. The van der Waals surface area contributed by atoms with Gasteiger partial charge in [-0.05, 0) is 13.3 Å². The van der Waals surface area contributed by atoms with Gasteiger partial charge in [0.1, 0.15) is 0 Å². The van der Waals surface area contributed by atoms with Crippen LogP contribution in [-0.2, 0) is 33.3 Å². The van der Waals surface area contributed by atoms with E-state index in [4.69, 9.17) is 28.8 Å². The number of rotatable bonds is 20. The molecule has 0 bridgehead atoms. The van der Waals surface area contributed by atoms with Crippen LogP contribution in [0.25, 0.3) is 0 Å². The number of hydrogen-bond donors (Lipinski definition) is 2. The smallest absolute Gasteiger partial charge is 0.303 e. The van der Waals surface area contributed by atoms with E-state index in [9.17, 15) is 9.59 Å². The molecule has 0 aromatic rings. The number of carbonyl (C=O) groups excluding carboxylic acids is 1. The van der Waals surface area contributed by atoms with Crippen molar-refractivity contribution in [2.24, 2.45) is 0 Å². The Kier molecular flexibility index (Phi) is 19.1. The van der Waals surface area contributed by atoms with Crippen molar-refractivity contribution in [3.8, 4) is 0 Å². The molecule has 0 aromatic carbocycles. The summed E-state index contributed by atoms with van der Waals surface area (Å²) in [5, 5.41) is 11.1. The molecule has 1 amide bonds. The number of carbonyl (C=O) groups is 2. The van der Waals surface area contributed by atoms with Gasteiger partial charge in [0.05, 0.1) is 59.3 Å². The van der Waals surface area contributed by atoms with E-state index in [-0.39, 0.29) is 18.7 Å². The Morgan fingerprint density at radius 3 is 1.65 bits per heavy atom. The molecule has 0 aliphatic carbocycles. The fourth-order valence-corrected chi connectivity index (χ4v) is 1.73. The molecule has 9 nitrogen and oxygen atoms in total. The first-order valence-electron chi connectivity index (χ1n) is 9.04. The Morgan fingerprint density at radius 1 is 0.731 bits per heavy atom. The first-order valence-corrected chi connectivity index (χ1v) is 9.04. The number of amides is 1. The van der Waals surface area contributed by atoms with Crippen molar-refractivity contribution in [2.45, 2.75) is 26.2 Å². The SMILES string of the molecule is CCOCCOCCOCCOCCOCCCNC(=O)CCC(=O)O. The van der Waals surface area contributed by atoms with Crippen LogP contribution in [-0.4, -0.2) is 89.6 Å². The number of ether oxygens (including phenoxy) is 5. The molecule has 9 heteroatoms. The van der Waals surface area contributed by atoms with Gasteiger partial charge in [0.25, 0.3) is 0 Å². The molecule has 0 heterocycles. The van der Waals surface area contributed by atoms with Gasteiger partial charge >= 0.3 is 5.97 Å². The van der Waals surface area contributed by atoms with E-state index in [1.165, 1.54) is 0 Å². The predicted octanol–water partition coefficient (Wildman–Crippen LogP) is 0.460. The van der Waals surface area contributed by atoms with E-state index >= 15 is 0 Å². The molecular formula is C17H33NO8. The maximum atomic E-state index is 11.2. The van der Waals surface area contributed by atoms with Gasteiger partial charge < -0.3 is 34.1 Å². The van der Waals surface area contributed by atoms with Crippen LogP contribution in [0.3, 0.4) is 0 Å². The van der Waals surface area contributed by atoms with Crippen molar-refractivity contribution >= 4 is 11.9 Å². The average molecular weight is 379 g/mol. The maximum Gasteiger partial charge on any atom is 0.303 e. The zero-order chi connectivity index (χ0) is 19.3. The van der Waals surface area contributed by atoms with Crippen molar-refractivity contribution in [3.05, 3.63) is 0 Å². The molecule has 0 saturated carbocycles. The molecule has 0 unspecified atom stereocenters. The second-order valence-corrected chi connectivity index (χ2v) is 5.24. The minimum absolute atomic E-state index is 0.00546. The summed E-state index contributed by atoms with van der Waals surface area (Å²) in [4.78, 5) is 21.6. The second-order valence-electron chi connectivity index (χ2n) is 5.24. The van der Waals surface area contributed by atoms with Gasteiger partial charge in [0.15, 0.2) is 0 Å². The maximum absolute atomic E-state index is 11.2. The molecule has 0 aliphatic rings. The van der Waals surface area contributed by atoms with Crippen molar-refractivity contribution in [1.29, 1.82) is 0 Å². The normalized spacial score (nSPS) is 10.8. The van der Waals surface area contributed by atoms with Crippen LogP contribution in [0.2, 0.25) is 0 Å². The highest BCUT2D eigenvalue weighted by atomic mass is 16.6. The minimum atomic E-state index is -0.972. The Balaban J connectivity index is 3.09. The van der Waals surface area contributed by atoms with Gasteiger partial charge in [-0.25, -0.2) is 0 Å². The van der Waals surface area contributed by atoms with Crippen LogP contribution < -0.4 is 5.32 Å². The van der Waals surface area contributed by atoms with Crippen molar-refractivity contribution in [2.75, 3.05) is 72.6 Å². The lowest BCUT2D eigenvalue weighted by atomic mass is 10.3. The van der Waals surface area contributed by atoms with Gasteiger partial charge in [-0.1, -0.05) is 0 Å². The first-order chi connectivity index (χ1) is 12.7. The van der Waals surface area contributed by atoms with Crippen molar-refractivity contribution in [1.82, 2.24) is 5.32 Å². The molecule has 2 N–H and O–H groups in total. The Morgan fingerprint density at radius 2 is 1.19 bits per heavy atom. The van der Waals surface area contributed by atoms with E-state index in [0.717, 1.165) is 0 Å². The Hall–Kier alpha value is -1.26. The number of nitrogens with one attached hydrogen (secondary N) is 1. The standard InChI is InChI=1S/C17H33NO8/c1-2-22-8-9-24-12-13-26-15-14-25-11-10-23-7-3-6-18-16(19)4-5-17(20)21/h2-15H2,1H3,(H,18,19)(H,20,21). The summed E-state index contributed by atoms with van der Waals surface area (Å²) in [6, 6.07) is 0. The monoisotopic (exact) mass is 379 g/mol. The van der Waals surface area contributed by atoms with Crippen LogP contribution in [0.5, 0.6) is 0 Å². The second kappa shape index (κ2) is 20.1. The lowest BCUT2D eigenvalue weighted by Crippen LogP contribution is -2.25. The van der Waals surface area contributed by atoms with Gasteiger partial charge in [-0.3, -0.25) is 9.59 Å². The van der Waals surface area contributed by atoms with Crippen LogP contribution in [0.1, 0.15) is 26.2 Å². The molecular weight excluding hydrogens is 346 g/mol. The Bertz CT molecular complexity index is 341. The van der Waals surface area contributed by atoms with Crippen LogP contribution in [0, 0.1) is 0 Å². The van der Waals surface area contributed by atoms with Gasteiger partial charge in [-0.15, -0.1) is 0 Å². The number of hydrogen-bond acceptors (Lipinski definition) is 7. The largest absolute Gasteiger partial charge is 0.481 e. The zero-order valence-electron chi connectivity index (χ0n) is 15.7. The van der Waals surface area contributed by atoms with Crippen LogP contribution in [0.4, 0.5) is 0 Å².